The van der Waals surface area contributed by atoms with E-state index in [0.717, 1.165) is 18.6 Å². The molecule has 0 bridgehead atoms. The summed E-state index contributed by atoms with van der Waals surface area (Å²) >= 11 is 6.44. The molecule has 2 heteroatoms. The standard InChI is InChI=1S/C19H29ClO/c1-7-19(6)16(20)11-17(19)21-18-14(12(2)3)9-8-10-15(18)13(4)5/h8-10,12-13,16-17H,7,11H2,1-6H3. The van der Waals surface area contributed by atoms with Gasteiger partial charge in [-0.05, 0) is 29.4 Å². The van der Waals surface area contributed by atoms with E-state index in [9.17, 15) is 0 Å². The van der Waals surface area contributed by atoms with E-state index in [2.05, 4.69) is 59.7 Å². The third-order valence-corrected chi connectivity index (χ3v) is 5.89. The Balaban J connectivity index is 2.35. The highest BCUT2D eigenvalue weighted by Crippen LogP contribution is 2.50. The largest absolute Gasteiger partial charge is 0.489 e. The van der Waals surface area contributed by atoms with Crippen LogP contribution in [-0.4, -0.2) is 11.5 Å². The van der Waals surface area contributed by atoms with E-state index in [0.29, 0.717) is 11.8 Å². The van der Waals surface area contributed by atoms with Crippen molar-refractivity contribution in [3.05, 3.63) is 29.3 Å². The molecule has 0 N–H and O–H groups in total. The van der Waals surface area contributed by atoms with Gasteiger partial charge in [0.15, 0.2) is 0 Å². The summed E-state index contributed by atoms with van der Waals surface area (Å²) in [4.78, 5) is 0. The molecule has 0 aromatic heterocycles. The van der Waals surface area contributed by atoms with Gasteiger partial charge in [-0.25, -0.2) is 0 Å². The molecule has 1 aliphatic carbocycles. The molecular formula is C19H29ClO. The Morgan fingerprint density at radius 1 is 1.19 bits per heavy atom. The van der Waals surface area contributed by atoms with Crippen molar-refractivity contribution < 1.29 is 4.74 Å². The van der Waals surface area contributed by atoms with E-state index >= 15 is 0 Å². The zero-order chi connectivity index (χ0) is 15.8. The number of halogens is 1. The molecule has 2 rings (SSSR count). The topological polar surface area (TPSA) is 9.23 Å². The van der Waals surface area contributed by atoms with Crippen molar-refractivity contribution in [3.8, 4) is 5.75 Å². The first-order valence-corrected chi connectivity index (χ1v) is 8.68. The van der Waals surface area contributed by atoms with Gasteiger partial charge in [0, 0.05) is 17.2 Å². The van der Waals surface area contributed by atoms with Gasteiger partial charge in [0.2, 0.25) is 0 Å². The normalized spacial score (nSPS) is 28.8. The van der Waals surface area contributed by atoms with Crippen LogP contribution in [0, 0.1) is 5.41 Å². The fourth-order valence-electron chi connectivity index (χ4n) is 3.16. The maximum Gasteiger partial charge on any atom is 0.126 e. The third-order valence-electron chi connectivity index (χ3n) is 5.21. The lowest BCUT2D eigenvalue weighted by molar-refractivity contribution is -0.0307. The Bertz CT molecular complexity index is 468. The summed E-state index contributed by atoms with van der Waals surface area (Å²) in [5.74, 6) is 2.05. The summed E-state index contributed by atoms with van der Waals surface area (Å²) in [7, 11) is 0. The van der Waals surface area contributed by atoms with Gasteiger partial charge in [-0.1, -0.05) is 59.7 Å². The Morgan fingerprint density at radius 2 is 1.71 bits per heavy atom. The van der Waals surface area contributed by atoms with Crippen LogP contribution in [0.15, 0.2) is 18.2 Å². The van der Waals surface area contributed by atoms with E-state index in [1.54, 1.807) is 0 Å². The van der Waals surface area contributed by atoms with Crippen molar-refractivity contribution >= 4 is 11.6 Å². The Morgan fingerprint density at radius 3 is 2.10 bits per heavy atom. The summed E-state index contributed by atoms with van der Waals surface area (Å²) in [6.07, 6.45) is 2.25. The molecule has 0 radical (unpaired) electrons. The minimum Gasteiger partial charge on any atom is -0.489 e. The predicted molar refractivity (Wildman–Crippen MR) is 91.7 cm³/mol. The van der Waals surface area contributed by atoms with Crippen molar-refractivity contribution in [2.75, 3.05) is 0 Å². The van der Waals surface area contributed by atoms with Crippen LogP contribution >= 0.6 is 11.6 Å². The highest BCUT2D eigenvalue weighted by atomic mass is 35.5. The summed E-state index contributed by atoms with van der Waals surface area (Å²) in [6.45, 7) is 13.4. The van der Waals surface area contributed by atoms with Crippen LogP contribution in [0.5, 0.6) is 5.75 Å². The lowest BCUT2D eigenvalue weighted by Crippen LogP contribution is -2.55. The maximum absolute atomic E-state index is 6.53. The minimum atomic E-state index is 0.0971. The predicted octanol–water partition coefficient (Wildman–Crippen LogP) is 6.11. The molecule has 0 aliphatic heterocycles. The molecule has 3 unspecified atom stereocenters. The maximum atomic E-state index is 6.53. The summed E-state index contributed by atoms with van der Waals surface area (Å²) in [5.41, 5.74) is 2.73. The minimum absolute atomic E-state index is 0.0971. The number of rotatable bonds is 5. The number of para-hydroxylation sites is 1. The van der Waals surface area contributed by atoms with Gasteiger partial charge in [0.1, 0.15) is 11.9 Å². The van der Waals surface area contributed by atoms with Crippen molar-refractivity contribution in [2.24, 2.45) is 5.41 Å². The SMILES string of the molecule is CCC1(C)C(Cl)CC1Oc1c(C(C)C)cccc1C(C)C. The van der Waals surface area contributed by atoms with Crippen molar-refractivity contribution in [2.45, 2.75) is 77.7 Å². The number of benzene rings is 1. The Hall–Kier alpha value is -0.690. The molecule has 118 valence electrons. The van der Waals surface area contributed by atoms with E-state index in [1.165, 1.54) is 11.1 Å². The second-order valence-electron chi connectivity index (χ2n) is 7.24. The highest BCUT2D eigenvalue weighted by molar-refractivity contribution is 6.21. The van der Waals surface area contributed by atoms with Crippen LogP contribution in [0.25, 0.3) is 0 Å². The van der Waals surface area contributed by atoms with Gasteiger partial charge in [0.05, 0.1) is 0 Å². The second-order valence-corrected chi connectivity index (χ2v) is 7.77. The molecule has 1 aliphatic rings. The van der Waals surface area contributed by atoms with Crippen LogP contribution in [0.2, 0.25) is 0 Å². The van der Waals surface area contributed by atoms with Crippen LogP contribution in [0.4, 0.5) is 0 Å². The molecule has 1 saturated carbocycles. The molecule has 21 heavy (non-hydrogen) atoms. The fraction of sp³-hybridized carbons (Fsp3) is 0.684. The molecule has 0 saturated heterocycles. The number of hydrogen-bond acceptors (Lipinski definition) is 1. The van der Waals surface area contributed by atoms with Gasteiger partial charge >= 0.3 is 0 Å². The number of ether oxygens (including phenoxy) is 1. The van der Waals surface area contributed by atoms with E-state index in [1.807, 2.05) is 0 Å². The summed E-state index contributed by atoms with van der Waals surface area (Å²) in [5, 5.41) is 0.237. The number of hydrogen-bond donors (Lipinski definition) is 0. The quantitative estimate of drug-likeness (QED) is 0.596. The second kappa shape index (κ2) is 6.20. The Kier molecular flexibility index (Phi) is 4.92. The van der Waals surface area contributed by atoms with Crippen LogP contribution in [-0.2, 0) is 0 Å². The molecule has 0 heterocycles. The Labute approximate surface area is 135 Å². The lowest BCUT2D eigenvalue weighted by atomic mass is 9.65. The fourth-order valence-corrected chi connectivity index (χ4v) is 3.62. The number of alkyl halides is 1. The molecule has 0 amide bonds. The monoisotopic (exact) mass is 308 g/mol. The van der Waals surface area contributed by atoms with E-state index in [-0.39, 0.29) is 16.9 Å². The molecular weight excluding hydrogens is 280 g/mol. The summed E-state index contributed by atoms with van der Waals surface area (Å²) < 4.78 is 6.53. The molecule has 3 atom stereocenters. The zero-order valence-corrected chi connectivity index (χ0v) is 15.0. The molecule has 1 nitrogen and oxygen atoms in total. The average Bonchev–Trinajstić information content (AvgIpc) is 2.45. The van der Waals surface area contributed by atoms with Gasteiger partial charge in [0.25, 0.3) is 0 Å². The van der Waals surface area contributed by atoms with Crippen LogP contribution in [0.3, 0.4) is 0 Å². The third kappa shape index (κ3) is 2.95. The average molecular weight is 309 g/mol. The first kappa shape index (κ1) is 16.7. The van der Waals surface area contributed by atoms with Crippen molar-refractivity contribution in [1.29, 1.82) is 0 Å². The first-order valence-electron chi connectivity index (χ1n) is 8.24. The first-order chi connectivity index (χ1) is 9.81. The van der Waals surface area contributed by atoms with Crippen LogP contribution < -0.4 is 4.74 Å². The molecule has 1 aromatic rings. The van der Waals surface area contributed by atoms with Gasteiger partial charge in [-0.3, -0.25) is 0 Å². The zero-order valence-electron chi connectivity index (χ0n) is 14.2. The summed E-state index contributed by atoms with van der Waals surface area (Å²) in [6, 6.07) is 6.56. The molecule has 1 fully saturated rings. The van der Waals surface area contributed by atoms with Gasteiger partial charge < -0.3 is 4.74 Å². The lowest BCUT2D eigenvalue weighted by Gasteiger charge is -2.50. The van der Waals surface area contributed by atoms with Crippen molar-refractivity contribution in [3.63, 3.8) is 0 Å². The van der Waals surface area contributed by atoms with Gasteiger partial charge in [-0.2, -0.15) is 0 Å². The van der Waals surface area contributed by atoms with Crippen molar-refractivity contribution in [1.82, 2.24) is 0 Å². The highest BCUT2D eigenvalue weighted by Gasteiger charge is 2.51. The molecule has 0 spiro atoms. The smallest absolute Gasteiger partial charge is 0.126 e. The van der Waals surface area contributed by atoms with Gasteiger partial charge in [-0.15, -0.1) is 11.6 Å². The van der Waals surface area contributed by atoms with E-state index < -0.39 is 0 Å². The molecule has 1 aromatic carbocycles. The van der Waals surface area contributed by atoms with Crippen LogP contribution in [0.1, 0.15) is 77.3 Å². The van der Waals surface area contributed by atoms with E-state index in [4.69, 9.17) is 16.3 Å².